The topological polar surface area (TPSA) is 207 Å². The maximum atomic E-state index is 11.6. The average molecular weight is 569 g/mol. The van der Waals surface area contributed by atoms with Crippen molar-refractivity contribution in [2.75, 3.05) is 6.61 Å². The van der Waals surface area contributed by atoms with E-state index in [4.69, 9.17) is 16.4 Å². The molecular formula is C28H29N6NaO6. The number of H-pyrrole nitrogens is 1. The van der Waals surface area contributed by atoms with Crippen molar-refractivity contribution in [1.82, 2.24) is 15.2 Å². The smallest absolute Gasteiger partial charge is 0.868 e. The van der Waals surface area contributed by atoms with Gasteiger partial charge in [0.25, 0.3) is 5.56 Å². The summed E-state index contributed by atoms with van der Waals surface area (Å²) >= 11 is 0. The molecule has 0 aliphatic rings. The molecule has 4 N–H and O–H groups in total. The second kappa shape index (κ2) is 19.7. The van der Waals surface area contributed by atoms with Gasteiger partial charge in [0.1, 0.15) is 5.69 Å². The number of benzene rings is 2. The molecule has 0 unspecified atom stereocenters. The van der Waals surface area contributed by atoms with Crippen molar-refractivity contribution in [1.29, 1.82) is 10.5 Å². The summed E-state index contributed by atoms with van der Waals surface area (Å²) in [6.45, 7) is 5.20. The van der Waals surface area contributed by atoms with Crippen LogP contribution in [0.15, 0.2) is 71.2 Å². The summed E-state index contributed by atoms with van der Waals surface area (Å²) in [5.74, 6) is 2.59. The second-order valence-electron chi connectivity index (χ2n) is 8.00. The van der Waals surface area contributed by atoms with Gasteiger partial charge in [0, 0.05) is 19.5 Å². The number of aromatic nitrogens is 2. The minimum absolute atomic E-state index is 0. The standard InChI is InChI=1S/C13H11N3O2.C8H9N3.C7H10O4.Na/c1-9(17)12-6-13(18)16(15-12)8-11-4-2-3-10(5-11)7-14;9-5-7-2-1-3-8(4-7)6-11-10;1-3-11-7(10)6(9)4-5(2)8;/h2-6,15H,8H2,1H3;1-4,11H,6,10H2;4,9H,3H2,1-2H3;/q;;;+1/p-1/b;;6-4-;. The number of nitrogens with two attached hydrogens (primary N) is 1. The summed E-state index contributed by atoms with van der Waals surface area (Å²) < 4.78 is 5.67. The number of aromatic amines is 1. The van der Waals surface area contributed by atoms with E-state index in [1.807, 2.05) is 24.3 Å². The van der Waals surface area contributed by atoms with Crippen molar-refractivity contribution < 1.29 is 53.8 Å². The monoisotopic (exact) mass is 568 g/mol. The molecule has 0 aliphatic heterocycles. The Bertz CT molecular complexity index is 1500. The number of allylic oxidation sites excluding steroid dienone is 1. The van der Waals surface area contributed by atoms with Gasteiger partial charge in [-0.05, 0) is 61.1 Å². The molecule has 12 nitrogen and oxygen atoms in total. The van der Waals surface area contributed by atoms with Crippen molar-refractivity contribution in [3.05, 3.63) is 105 Å². The molecule has 0 saturated carbocycles. The van der Waals surface area contributed by atoms with Gasteiger partial charge in [-0.3, -0.25) is 30.8 Å². The number of ketones is 2. The third kappa shape index (κ3) is 14.1. The van der Waals surface area contributed by atoms with Crippen LogP contribution in [0.3, 0.4) is 0 Å². The van der Waals surface area contributed by atoms with E-state index in [2.05, 4.69) is 21.3 Å². The molecule has 41 heavy (non-hydrogen) atoms. The predicted molar refractivity (Wildman–Crippen MR) is 143 cm³/mol. The third-order valence-corrected chi connectivity index (χ3v) is 4.74. The van der Waals surface area contributed by atoms with Crippen molar-refractivity contribution in [2.45, 2.75) is 33.9 Å². The van der Waals surface area contributed by atoms with E-state index < -0.39 is 17.5 Å². The normalized spacial score (nSPS) is 9.76. The first kappa shape index (κ1) is 36.7. The fraction of sp³-hybridized carbons (Fsp3) is 0.214. The van der Waals surface area contributed by atoms with Crippen molar-refractivity contribution in [2.24, 2.45) is 5.84 Å². The molecule has 2 aromatic carbocycles. The van der Waals surface area contributed by atoms with Crippen LogP contribution in [0, 0.1) is 22.7 Å². The molecule has 0 bridgehead atoms. The van der Waals surface area contributed by atoms with Gasteiger partial charge in [-0.1, -0.05) is 24.3 Å². The Balaban J connectivity index is 0.000000610. The van der Waals surface area contributed by atoms with Gasteiger partial charge < -0.3 is 9.84 Å². The number of hydrogen-bond donors (Lipinski definition) is 3. The van der Waals surface area contributed by atoms with Crippen LogP contribution in [0.2, 0.25) is 0 Å². The van der Waals surface area contributed by atoms with E-state index in [0.717, 1.165) is 11.1 Å². The van der Waals surface area contributed by atoms with Gasteiger partial charge in [-0.2, -0.15) is 10.5 Å². The Morgan fingerprint density at radius 2 is 1.61 bits per heavy atom. The molecule has 3 rings (SSSR count). The van der Waals surface area contributed by atoms with Gasteiger partial charge >= 0.3 is 35.5 Å². The molecule has 0 amide bonds. The summed E-state index contributed by atoms with van der Waals surface area (Å²) in [4.78, 5) is 43.6. The van der Waals surface area contributed by atoms with Crippen LogP contribution in [0.1, 0.15) is 53.5 Å². The number of carbonyl (C=O) groups is 3. The zero-order valence-electron chi connectivity index (χ0n) is 23.3. The van der Waals surface area contributed by atoms with Gasteiger partial charge in [0.15, 0.2) is 11.6 Å². The van der Waals surface area contributed by atoms with Gasteiger partial charge in [0.2, 0.25) is 0 Å². The SMILES string of the molecule is CC(=O)c1cc(=O)n(Cc2cccc(C#N)c2)[nH]1.CCOC(=O)/C([O-])=C/C(C)=O.N#Cc1cccc(CNN)c1.[Na+]. The van der Waals surface area contributed by atoms with Crippen LogP contribution in [0.5, 0.6) is 0 Å². The van der Waals surface area contributed by atoms with Gasteiger partial charge in [-0.15, -0.1) is 0 Å². The number of nitrogens with one attached hydrogen (secondary N) is 2. The molecule has 1 heterocycles. The van der Waals surface area contributed by atoms with Gasteiger partial charge in [-0.25, -0.2) is 9.48 Å². The molecule has 1 aromatic heterocycles. The molecule has 0 aliphatic carbocycles. The maximum Gasteiger partial charge on any atom is 1.00 e. The minimum Gasteiger partial charge on any atom is -0.868 e. The number of esters is 1. The number of hydrogen-bond acceptors (Lipinski definition) is 10. The Morgan fingerprint density at radius 1 is 1.05 bits per heavy atom. The summed E-state index contributed by atoms with van der Waals surface area (Å²) in [6, 6.07) is 19.7. The number of rotatable bonds is 8. The zero-order chi connectivity index (χ0) is 30.1. The fourth-order valence-electron chi connectivity index (χ4n) is 2.97. The largest absolute Gasteiger partial charge is 1.00 e. The summed E-state index contributed by atoms with van der Waals surface area (Å²) in [7, 11) is 0. The van der Waals surface area contributed by atoms with Crippen LogP contribution in [0.4, 0.5) is 0 Å². The van der Waals surface area contributed by atoms with Crippen LogP contribution < -0.4 is 51.5 Å². The quantitative estimate of drug-likeness (QED) is 0.0529. The molecule has 0 saturated heterocycles. The van der Waals surface area contributed by atoms with Crippen molar-refractivity contribution >= 4 is 17.5 Å². The number of nitrogens with zero attached hydrogens (tertiary/aromatic N) is 3. The van der Waals surface area contributed by atoms with E-state index in [-0.39, 0.29) is 53.2 Å². The summed E-state index contributed by atoms with van der Waals surface area (Å²) in [5, 5.41) is 30.6. The van der Waals surface area contributed by atoms with E-state index in [0.29, 0.717) is 30.3 Å². The first-order chi connectivity index (χ1) is 19.0. The van der Waals surface area contributed by atoms with Crippen molar-refractivity contribution in [3.8, 4) is 12.1 Å². The first-order valence-electron chi connectivity index (χ1n) is 11.8. The minimum atomic E-state index is -0.984. The molecule has 208 valence electrons. The molecule has 3 aromatic rings. The Hall–Kier alpha value is -4.30. The Kier molecular flexibility index (Phi) is 17.6. The number of ether oxygens (including phenoxy) is 1. The molecule has 13 heteroatoms. The first-order valence-corrected chi connectivity index (χ1v) is 11.8. The van der Waals surface area contributed by atoms with E-state index >= 15 is 0 Å². The Labute approximate surface area is 259 Å². The van der Waals surface area contributed by atoms with Crippen LogP contribution in [0.25, 0.3) is 0 Å². The van der Waals surface area contributed by atoms with Crippen molar-refractivity contribution in [3.63, 3.8) is 0 Å². The van der Waals surface area contributed by atoms with Crippen LogP contribution >= 0.6 is 0 Å². The van der Waals surface area contributed by atoms with Crippen LogP contribution in [-0.2, 0) is 27.4 Å². The second-order valence-corrected chi connectivity index (χ2v) is 8.00. The summed E-state index contributed by atoms with van der Waals surface area (Å²) in [6.07, 6.45) is 0.706. The number of nitriles is 2. The van der Waals surface area contributed by atoms with Gasteiger partial charge in [0.05, 0.1) is 36.4 Å². The predicted octanol–water partition coefficient (Wildman–Crippen LogP) is -1.79. The van der Waals surface area contributed by atoms with Crippen LogP contribution in [-0.4, -0.2) is 33.9 Å². The molecule has 0 radical (unpaired) electrons. The zero-order valence-corrected chi connectivity index (χ0v) is 25.3. The molecule has 0 fully saturated rings. The fourth-order valence-corrected chi connectivity index (χ4v) is 2.97. The summed E-state index contributed by atoms with van der Waals surface area (Å²) in [5.41, 5.74) is 5.60. The maximum absolute atomic E-state index is 11.6. The van der Waals surface area contributed by atoms with E-state index in [1.165, 1.54) is 24.6 Å². The number of carbonyl (C=O) groups excluding carboxylic acids is 3. The Morgan fingerprint density at radius 3 is 2.07 bits per heavy atom. The number of Topliss-reactive ketones (excluding diaryl/α,β-unsaturated/α-hetero) is 1. The van der Waals surface area contributed by atoms with E-state index in [9.17, 15) is 24.3 Å². The molecule has 0 atom stereocenters. The average Bonchev–Trinajstić information content (AvgIpc) is 3.30. The third-order valence-electron chi connectivity index (χ3n) is 4.74. The van der Waals surface area contributed by atoms with E-state index in [1.54, 1.807) is 37.3 Å². The molecular weight excluding hydrogens is 539 g/mol. The number of hydrazine groups is 1. The molecule has 0 spiro atoms.